The van der Waals surface area contributed by atoms with E-state index in [0.717, 1.165) is 27.4 Å². The van der Waals surface area contributed by atoms with Crippen LogP contribution >= 0.6 is 11.3 Å². The Bertz CT molecular complexity index is 2840. The summed E-state index contributed by atoms with van der Waals surface area (Å²) in [7, 11) is 0. The Morgan fingerprint density at radius 3 is 1.96 bits per heavy atom. The molecular formula is C53H70N12O13S. The number of carbonyl (C=O) groups is 7. The van der Waals surface area contributed by atoms with Crippen LogP contribution in [0.5, 0.6) is 0 Å². The summed E-state index contributed by atoms with van der Waals surface area (Å²) >= 11 is 0.960. The van der Waals surface area contributed by atoms with Crippen molar-refractivity contribution in [2.45, 2.75) is 162 Å². The van der Waals surface area contributed by atoms with E-state index >= 15 is 0 Å². The molecule has 0 bridgehead atoms. The highest BCUT2D eigenvalue weighted by Gasteiger charge is 2.57. The number of aliphatic imine (C=N–C) groups is 1. The van der Waals surface area contributed by atoms with Gasteiger partial charge in [0.05, 0.1) is 25.3 Å². The smallest absolute Gasteiger partial charge is 0.417 e. The van der Waals surface area contributed by atoms with Gasteiger partial charge in [-0.15, -0.1) is 11.3 Å². The number of ether oxygens (including phenoxy) is 5. The van der Waals surface area contributed by atoms with Crippen LogP contribution in [-0.4, -0.2) is 132 Å². The van der Waals surface area contributed by atoms with E-state index in [1.165, 1.54) is 16.4 Å². The second-order valence-electron chi connectivity index (χ2n) is 22.4. The summed E-state index contributed by atoms with van der Waals surface area (Å²) in [4.78, 5) is 111. The molecule has 3 heterocycles. The summed E-state index contributed by atoms with van der Waals surface area (Å²) in [5.74, 6) is -2.43. The Labute approximate surface area is 461 Å². The molecule has 2 aromatic heterocycles. The van der Waals surface area contributed by atoms with Gasteiger partial charge in [-0.3, -0.25) is 25.2 Å². The fraction of sp³-hybridized carbons (Fsp3) is 0.509. The minimum Gasteiger partial charge on any atom is -0.450 e. The highest BCUT2D eigenvalue weighted by atomic mass is 32.1. The third-order valence-electron chi connectivity index (χ3n) is 10.7. The van der Waals surface area contributed by atoms with E-state index in [9.17, 15) is 33.6 Å². The van der Waals surface area contributed by atoms with Crippen molar-refractivity contribution in [1.82, 2.24) is 46.1 Å². The molecule has 2 fully saturated rings. The highest BCUT2D eigenvalue weighted by molar-refractivity contribution is 7.14. The van der Waals surface area contributed by atoms with Crippen molar-refractivity contribution in [3.05, 3.63) is 94.8 Å². The van der Waals surface area contributed by atoms with Crippen LogP contribution < -0.4 is 26.6 Å². The van der Waals surface area contributed by atoms with E-state index in [2.05, 4.69) is 51.9 Å². The number of nitrogens with one attached hydrogen (secondary N) is 5. The van der Waals surface area contributed by atoms with Gasteiger partial charge >= 0.3 is 30.3 Å². The van der Waals surface area contributed by atoms with Crippen molar-refractivity contribution in [3.8, 4) is 0 Å². The predicted molar refractivity (Wildman–Crippen MR) is 289 cm³/mol. The molecule has 0 unspecified atom stereocenters. The van der Waals surface area contributed by atoms with Crippen molar-refractivity contribution in [2.75, 3.05) is 18.4 Å². The molecule has 79 heavy (non-hydrogen) atoms. The van der Waals surface area contributed by atoms with Gasteiger partial charge in [0.2, 0.25) is 17.5 Å². The largest absolute Gasteiger partial charge is 0.450 e. The quantitative estimate of drug-likeness (QED) is 0.0129. The van der Waals surface area contributed by atoms with Crippen LogP contribution in [0.3, 0.4) is 0 Å². The first-order valence-corrected chi connectivity index (χ1v) is 26.4. The lowest BCUT2D eigenvalue weighted by molar-refractivity contribution is -0.164. The minimum absolute atomic E-state index is 0.0178. The van der Waals surface area contributed by atoms with Gasteiger partial charge in [0.25, 0.3) is 5.91 Å². The molecule has 0 spiro atoms. The van der Waals surface area contributed by atoms with Crippen LogP contribution in [0.25, 0.3) is 0 Å². The van der Waals surface area contributed by atoms with Gasteiger partial charge in [-0.2, -0.15) is 15.0 Å². The van der Waals surface area contributed by atoms with Crippen molar-refractivity contribution in [2.24, 2.45) is 10.1 Å². The molecule has 4 aromatic rings. The second-order valence-corrected chi connectivity index (χ2v) is 23.3. The number of rotatable bonds is 18. The molecule has 6 rings (SSSR count). The highest BCUT2D eigenvalue weighted by Crippen LogP contribution is 2.43. The molecule has 2 aromatic carbocycles. The molecule has 6 amide bonds. The first-order chi connectivity index (χ1) is 36.9. The average molecular weight is 1120 g/mol. The lowest BCUT2D eigenvalue weighted by atomic mass is 9.98. The maximum absolute atomic E-state index is 14.3. The number of alkyl carbamates (subject to hydrolysis) is 2. The molecule has 26 heteroatoms. The van der Waals surface area contributed by atoms with Gasteiger partial charge in [-0.1, -0.05) is 65.8 Å². The van der Waals surface area contributed by atoms with Crippen molar-refractivity contribution >= 4 is 70.3 Å². The second kappa shape index (κ2) is 25.1. The van der Waals surface area contributed by atoms with Gasteiger partial charge in [-0.05, 0) is 101 Å². The topological polar surface area (TPSA) is 307 Å². The Kier molecular flexibility index (Phi) is 19.1. The number of β-lactam (4-membered cyclic amide) rings is 1. The summed E-state index contributed by atoms with van der Waals surface area (Å²) in [5, 5.41) is 27.7. The van der Waals surface area contributed by atoms with Crippen molar-refractivity contribution < 1.29 is 62.1 Å². The van der Waals surface area contributed by atoms with Crippen LogP contribution in [0.2, 0.25) is 0 Å². The number of benzene rings is 2. The number of hydrogen-bond donors (Lipinski definition) is 5. The minimum atomic E-state index is -1.56. The first kappa shape index (κ1) is 60.1. The van der Waals surface area contributed by atoms with Crippen LogP contribution in [0.4, 0.5) is 24.3 Å². The number of thiazole rings is 1. The van der Waals surface area contributed by atoms with Crippen molar-refractivity contribution in [1.29, 1.82) is 0 Å². The number of anilines is 1. The molecule has 1 saturated heterocycles. The van der Waals surface area contributed by atoms with E-state index in [0.29, 0.717) is 0 Å². The standard InChI is InChI=1S/C53H70N12O13S/c1-49(2,3)74-45(69)55-27-19-26-54-43(60-46(70)75-50(4,5)6)64(48(72)77-52(10,11)12)29-34-28-56-65(62-34)30-35-37(40(66)57-35)59-41(67)38(36-31-79-44(58-36)61-47(71)76-51(7,8)9)63-78-53(24-25-53)42(68)73-39(32-20-15-13-16-21-32)33-22-17-14-18-23-33/h13-18,20-23,28,31,35,37,39H,19,24-27,29-30H2,1-12H3,(H,55,69)(H,57,66)(H,59,67)(H,54,60,70)(H,58,61,71)/t35-,37-/m0/s1. The summed E-state index contributed by atoms with van der Waals surface area (Å²) < 4.78 is 28.0. The van der Waals surface area contributed by atoms with Crippen LogP contribution in [0, 0.1) is 0 Å². The fourth-order valence-electron chi connectivity index (χ4n) is 7.11. The summed E-state index contributed by atoms with van der Waals surface area (Å²) in [6.45, 7) is 20.0. The molecule has 426 valence electrons. The average Bonchev–Trinajstić information content (AvgIpc) is 3.91. The number of oxime groups is 1. The Morgan fingerprint density at radius 2 is 1.39 bits per heavy atom. The lowest BCUT2D eigenvalue weighted by Gasteiger charge is -2.36. The van der Waals surface area contributed by atoms with Crippen LogP contribution in [0.15, 0.2) is 82.4 Å². The van der Waals surface area contributed by atoms with E-state index in [4.69, 9.17) is 28.5 Å². The van der Waals surface area contributed by atoms with Gasteiger partial charge in [0, 0.05) is 31.3 Å². The van der Waals surface area contributed by atoms with E-state index in [1.54, 1.807) is 83.1 Å². The zero-order valence-electron chi connectivity index (χ0n) is 46.5. The maximum Gasteiger partial charge on any atom is 0.417 e. The van der Waals surface area contributed by atoms with Crippen LogP contribution in [0.1, 0.15) is 131 Å². The molecule has 5 N–H and O–H groups in total. The number of esters is 1. The molecule has 2 aliphatic rings. The molecular weight excluding hydrogens is 1040 g/mol. The summed E-state index contributed by atoms with van der Waals surface area (Å²) in [6.07, 6.45) is -1.96. The number of guanidine groups is 1. The fourth-order valence-corrected chi connectivity index (χ4v) is 7.79. The normalized spacial score (nSPS) is 16.3. The maximum atomic E-state index is 14.3. The zero-order valence-corrected chi connectivity index (χ0v) is 47.3. The number of aromatic nitrogens is 4. The van der Waals surface area contributed by atoms with Gasteiger partial charge < -0.3 is 44.5 Å². The first-order valence-electron chi connectivity index (χ1n) is 25.5. The number of amides is 6. The molecule has 1 aliphatic heterocycles. The number of hydrogen-bond acceptors (Lipinski definition) is 19. The molecule has 1 aliphatic carbocycles. The molecule has 2 atom stereocenters. The molecule has 25 nitrogen and oxygen atoms in total. The number of carbonyl (C=O) groups excluding carboxylic acids is 7. The monoisotopic (exact) mass is 1110 g/mol. The molecule has 1 saturated carbocycles. The van der Waals surface area contributed by atoms with Gasteiger partial charge in [-0.25, -0.2) is 33.9 Å². The third-order valence-corrected chi connectivity index (χ3v) is 11.5. The Hall–Kier alpha value is -8.16. The van der Waals surface area contributed by atoms with Crippen LogP contribution in [-0.2, 0) is 56.0 Å². The molecule has 0 radical (unpaired) electrons. The Morgan fingerprint density at radius 1 is 0.810 bits per heavy atom. The zero-order chi connectivity index (χ0) is 57.9. The van der Waals surface area contributed by atoms with E-state index in [-0.39, 0.29) is 67.9 Å². The SMILES string of the molecule is CC(C)(C)OC(=O)NCCCN=C(NC(=O)OC(C)(C)C)N(Cc1cnn(C[C@@H]2NC(=O)[C@H]2NC(=O)C(=NOC2(C(=O)OC(c3ccccc3)c3ccccc3)CC2)c2csc(NC(=O)OC(C)(C)C)n2)n1)C(=O)OC(C)(C)C. The van der Waals surface area contributed by atoms with Crippen molar-refractivity contribution in [3.63, 3.8) is 0 Å². The summed E-state index contributed by atoms with van der Waals surface area (Å²) in [6, 6.07) is 16.4. The van der Waals surface area contributed by atoms with E-state index < -0.39 is 94.1 Å². The van der Waals surface area contributed by atoms with E-state index in [1.807, 2.05) is 60.7 Å². The number of nitrogens with zero attached hydrogens (tertiary/aromatic N) is 7. The van der Waals surface area contributed by atoms with Gasteiger partial charge in [0.15, 0.2) is 16.9 Å². The third kappa shape index (κ3) is 18.8. The predicted octanol–water partition coefficient (Wildman–Crippen LogP) is 6.88. The Balaban J connectivity index is 1.20. The van der Waals surface area contributed by atoms with Gasteiger partial charge in [0.1, 0.15) is 39.8 Å². The summed E-state index contributed by atoms with van der Waals surface area (Å²) in [5.41, 5.74) is -3.85. The lowest BCUT2D eigenvalue weighted by Crippen LogP contribution is -2.70.